The highest BCUT2D eigenvalue weighted by Crippen LogP contribution is 2.18. The summed E-state index contributed by atoms with van der Waals surface area (Å²) in [5.41, 5.74) is -1.71. The van der Waals surface area contributed by atoms with Crippen molar-refractivity contribution in [1.82, 2.24) is 9.97 Å². The summed E-state index contributed by atoms with van der Waals surface area (Å²) >= 11 is 0. The summed E-state index contributed by atoms with van der Waals surface area (Å²) < 4.78 is 27.5. The Bertz CT molecular complexity index is 826. The quantitative estimate of drug-likeness (QED) is 0.687. The zero-order valence-corrected chi connectivity index (χ0v) is 10.6. The van der Waals surface area contributed by atoms with Crippen LogP contribution in [0.1, 0.15) is 11.3 Å². The zero-order chi connectivity index (χ0) is 14.2. The monoisotopic (exact) mass is 286 g/mol. The van der Waals surface area contributed by atoms with Gasteiger partial charge in [0.1, 0.15) is 5.76 Å². The maximum Gasteiger partial charge on any atom is 0.328 e. The number of H-pyrrole nitrogens is 2. The van der Waals surface area contributed by atoms with Crippen LogP contribution >= 0.6 is 0 Å². The van der Waals surface area contributed by atoms with Gasteiger partial charge in [0.05, 0.1) is 5.56 Å². The molecule has 0 bridgehead atoms. The SMILES string of the molecule is CS(=O)(=O)c1ccc(Cc2c(O)[nH]c(=O)[nH]c2=O)o1. The lowest BCUT2D eigenvalue weighted by atomic mass is 10.2. The summed E-state index contributed by atoms with van der Waals surface area (Å²) in [6, 6.07) is 2.63. The van der Waals surface area contributed by atoms with Crippen molar-refractivity contribution >= 4 is 9.84 Å². The van der Waals surface area contributed by atoms with Gasteiger partial charge < -0.3 is 9.52 Å². The topological polar surface area (TPSA) is 133 Å². The second kappa shape index (κ2) is 4.43. The van der Waals surface area contributed by atoms with E-state index in [1.165, 1.54) is 12.1 Å². The van der Waals surface area contributed by atoms with Crippen molar-refractivity contribution in [2.75, 3.05) is 6.26 Å². The van der Waals surface area contributed by atoms with Crippen molar-refractivity contribution < 1.29 is 17.9 Å². The van der Waals surface area contributed by atoms with E-state index in [1.54, 1.807) is 0 Å². The number of aromatic nitrogens is 2. The van der Waals surface area contributed by atoms with E-state index in [1.807, 2.05) is 9.97 Å². The van der Waals surface area contributed by atoms with E-state index in [2.05, 4.69) is 0 Å². The molecule has 2 heterocycles. The minimum absolute atomic E-state index is 0.117. The van der Waals surface area contributed by atoms with Crippen molar-refractivity contribution in [3.63, 3.8) is 0 Å². The van der Waals surface area contributed by atoms with Crippen molar-refractivity contribution in [3.05, 3.63) is 44.3 Å². The first-order chi connectivity index (χ1) is 8.77. The Morgan fingerprint density at radius 1 is 1.26 bits per heavy atom. The van der Waals surface area contributed by atoms with Gasteiger partial charge in [-0.25, -0.2) is 13.2 Å². The van der Waals surface area contributed by atoms with E-state index >= 15 is 0 Å². The summed E-state index contributed by atoms with van der Waals surface area (Å²) in [5, 5.41) is 9.23. The van der Waals surface area contributed by atoms with Gasteiger partial charge in [0, 0.05) is 12.7 Å². The summed E-state index contributed by atoms with van der Waals surface area (Å²) in [5.74, 6) is -0.403. The number of furan rings is 1. The molecular formula is C10H10N2O6S. The summed E-state index contributed by atoms with van der Waals surface area (Å²) in [4.78, 5) is 26.3. The summed E-state index contributed by atoms with van der Waals surface area (Å²) in [7, 11) is -3.47. The van der Waals surface area contributed by atoms with E-state index in [0.29, 0.717) is 0 Å². The highest BCUT2D eigenvalue weighted by molar-refractivity contribution is 7.90. The van der Waals surface area contributed by atoms with Crippen molar-refractivity contribution in [1.29, 1.82) is 0 Å². The van der Waals surface area contributed by atoms with Gasteiger partial charge in [-0.15, -0.1) is 0 Å². The minimum Gasteiger partial charge on any atom is -0.494 e. The smallest absolute Gasteiger partial charge is 0.328 e. The van der Waals surface area contributed by atoms with Gasteiger partial charge in [0.2, 0.25) is 20.8 Å². The third-order valence-electron chi connectivity index (χ3n) is 2.37. The molecule has 0 spiro atoms. The molecule has 3 N–H and O–H groups in total. The molecule has 0 aliphatic heterocycles. The van der Waals surface area contributed by atoms with E-state index in [0.717, 1.165) is 6.26 Å². The molecular weight excluding hydrogens is 276 g/mol. The molecule has 9 heteroatoms. The van der Waals surface area contributed by atoms with E-state index in [9.17, 15) is 23.1 Å². The Labute approximate surface area is 106 Å². The van der Waals surface area contributed by atoms with E-state index in [-0.39, 0.29) is 22.8 Å². The van der Waals surface area contributed by atoms with E-state index < -0.39 is 27.0 Å². The van der Waals surface area contributed by atoms with Crippen LogP contribution in [0.25, 0.3) is 0 Å². The number of hydrogen-bond acceptors (Lipinski definition) is 6. The first kappa shape index (κ1) is 13.1. The molecule has 0 radical (unpaired) electrons. The first-order valence-corrected chi connectivity index (χ1v) is 7.00. The molecule has 0 saturated carbocycles. The fourth-order valence-corrected chi connectivity index (χ4v) is 2.06. The van der Waals surface area contributed by atoms with Gasteiger partial charge in [0.25, 0.3) is 5.56 Å². The third-order valence-corrected chi connectivity index (χ3v) is 3.32. The van der Waals surface area contributed by atoms with Crippen LogP contribution in [0.3, 0.4) is 0 Å². The fraction of sp³-hybridized carbons (Fsp3) is 0.200. The van der Waals surface area contributed by atoms with Gasteiger partial charge >= 0.3 is 5.69 Å². The Hall–Kier alpha value is -2.29. The largest absolute Gasteiger partial charge is 0.494 e. The molecule has 0 aliphatic rings. The van der Waals surface area contributed by atoms with Crippen molar-refractivity contribution in [2.24, 2.45) is 0 Å². The van der Waals surface area contributed by atoms with Gasteiger partial charge in [-0.3, -0.25) is 14.8 Å². The second-order valence-corrected chi connectivity index (χ2v) is 5.85. The van der Waals surface area contributed by atoms with Crippen LogP contribution in [0.4, 0.5) is 0 Å². The van der Waals surface area contributed by atoms with Crippen LogP contribution in [-0.2, 0) is 16.3 Å². The molecule has 102 valence electrons. The third kappa shape index (κ3) is 2.76. The Balaban J connectivity index is 2.40. The number of sulfone groups is 1. The number of aromatic amines is 2. The number of aromatic hydroxyl groups is 1. The number of hydrogen-bond donors (Lipinski definition) is 3. The lowest BCUT2D eigenvalue weighted by molar-refractivity contribution is 0.412. The van der Waals surface area contributed by atoms with Gasteiger partial charge in [0.15, 0.2) is 0 Å². The standard InChI is InChI=1S/C10H10N2O6S/c1-19(16,17)7-3-2-5(18-7)4-6-8(13)11-10(15)12-9(6)14/h2-3H,4H2,1H3,(H3,11,12,13,14,15). The molecule has 0 unspecified atom stereocenters. The first-order valence-electron chi connectivity index (χ1n) is 5.10. The highest BCUT2D eigenvalue weighted by Gasteiger charge is 2.15. The van der Waals surface area contributed by atoms with Crippen molar-refractivity contribution in [2.45, 2.75) is 11.5 Å². The molecule has 0 fully saturated rings. The molecule has 2 rings (SSSR count). The average Bonchev–Trinajstić information content (AvgIpc) is 2.71. The second-order valence-electron chi connectivity index (χ2n) is 3.91. The average molecular weight is 286 g/mol. The van der Waals surface area contributed by atoms with Crippen LogP contribution in [0, 0.1) is 0 Å². The summed E-state index contributed by atoms with van der Waals surface area (Å²) in [6.45, 7) is 0. The Morgan fingerprint density at radius 2 is 1.95 bits per heavy atom. The summed E-state index contributed by atoms with van der Waals surface area (Å²) in [6.07, 6.45) is 0.841. The predicted octanol–water partition coefficient (Wildman–Crippen LogP) is -0.644. The van der Waals surface area contributed by atoms with Gasteiger partial charge in [-0.2, -0.15) is 0 Å². The molecule has 0 atom stereocenters. The number of rotatable bonds is 3. The van der Waals surface area contributed by atoms with E-state index in [4.69, 9.17) is 4.42 Å². The predicted molar refractivity (Wildman–Crippen MR) is 64.0 cm³/mol. The minimum atomic E-state index is -3.47. The highest BCUT2D eigenvalue weighted by atomic mass is 32.2. The molecule has 2 aromatic rings. The van der Waals surface area contributed by atoms with Crippen LogP contribution in [0.5, 0.6) is 5.88 Å². The van der Waals surface area contributed by atoms with Crippen LogP contribution < -0.4 is 11.2 Å². The van der Waals surface area contributed by atoms with Crippen LogP contribution in [0.15, 0.2) is 31.2 Å². The zero-order valence-electron chi connectivity index (χ0n) is 9.76. The van der Waals surface area contributed by atoms with Crippen LogP contribution in [0.2, 0.25) is 0 Å². The van der Waals surface area contributed by atoms with Crippen LogP contribution in [-0.4, -0.2) is 29.7 Å². The molecule has 19 heavy (non-hydrogen) atoms. The molecule has 0 amide bonds. The normalized spacial score (nSPS) is 11.6. The van der Waals surface area contributed by atoms with Gasteiger partial charge in [-0.05, 0) is 12.1 Å². The fourth-order valence-electron chi connectivity index (χ4n) is 1.49. The molecule has 0 aromatic carbocycles. The maximum atomic E-state index is 11.5. The molecule has 0 aliphatic carbocycles. The molecule has 8 nitrogen and oxygen atoms in total. The van der Waals surface area contributed by atoms with Crippen molar-refractivity contribution in [3.8, 4) is 5.88 Å². The Kier molecular flexibility index (Phi) is 3.06. The Morgan fingerprint density at radius 3 is 2.47 bits per heavy atom. The number of nitrogens with one attached hydrogen (secondary N) is 2. The molecule has 2 aromatic heterocycles. The molecule has 0 saturated heterocycles. The van der Waals surface area contributed by atoms with Gasteiger partial charge in [-0.1, -0.05) is 0 Å². The lowest BCUT2D eigenvalue weighted by Crippen LogP contribution is -2.25. The lowest BCUT2D eigenvalue weighted by Gasteiger charge is -2.00. The maximum absolute atomic E-state index is 11.5.